The molecule has 2 aromatic heterocycles. The summed E-state index contributed by atoms with van der Waals surface area (Å²) in [7, 11) is 0. The number of anilines is 1. The van der Waals surface area contributed by atoms with Crippen LogP contribution in [0.3, 0.4) is 0 Å². The monoisotopic (exact) mass is 366 g/mol. The lowest BCUT2D eigenvalue weighted by atomic mass is 9.92. The quantitative estimate of drug-likeness (QED) is 0.643. The first-order chi connectivity index (χ1) is 12.8. The zero-order valence-corrected chi connectivity index (χ0v) is 15.5. The second-order valence-corrected chi connectivity index (χ2v) is 7.23. The molecule has 0 fully saturated rings. The summed E-state index contributed by atoms with van der Waals surface area (Å²) in [4.78, 5) is 24.2. The first-order valence-corrected chi connectivity index (χ1v) is 8.61. The van der Waals surface area contributed by atoms with Crippen LogP contribution in [-0.4, -0.2) is 22.0 Å². The molecule has 1 aromatic carbocycles. The Morgan fingerprint density at radius 2 is 1.85 bits per heavy atom. The number of benzene rings is 1. The minimum Gasteiger partial charge on any atom is -0.459 e. The highest BCUT2D eigenvalue weighted by Crippen LogP contribution is 2.20. The predicted octanol–water partition coefficient (Wildman–Crippen LogP) is 3.48. The Morgan fingerprint density at radius 1 is 1.11 bits per heavy atom. The van der Waals surface area contributed by atoms with Crippen LogP contribution in [0.15, 0.2) is 53.1 Å². The molecule has 0 aliphatic carbocycles. The summed E-state index contributed by atoms with van der Waals surface area (Å²) in [6, 6.07) is 12.2. The van der Waals surface area contributed by atoms with E-state index in [1.165, 1.54) is 6.26 Å². The van der Waals surface area contributed by atoms with Crippen molar-refractivity contribution in [3.8, 4) is 0 Å². The molecule has 0 saturated carbocycles. The molecule has 0 atom stereocenters. The molecule has 0 aliphatic heterocycles. The number of aromatic nitrogens is 2. The number of carbonyl (C=O) groups is 2. The molecule has 3 aromatic rings. The maximum absolute atomic E-state index is 12.2. The van der Waals surface area contributed by atoms with Gasteiger partial charge in [-0.3, -0.25) is 14.7 Å². The van der Waals surface area contributed by atoms with Crippen molar-refractivity contribution in [2.45, 2.75) is 32.7 Å². The number of aromatic amines is 1. The van der Waals surface area contributed by atoms with Crippen LogP contribution in [-0.2, 0) is 12.0 Å². The van der Waals surface area contributed by atoms with Gasteiger partial charge in [-0.15, -0.1) is 0 Å². The zero-order chi connectivity index (χ0) is 19.4. The number of furan rings is 1. The fourth-order valence-electron chi connectivity index (χ4n) is 2.40. The Bertz CT molecular complexity index is 919. The van der Waals surface area contributed by atoms with E-state index in [0.717, 1.165) is 11.3 Å². The maximum atomic E-state index is 12.2. The van der Waals surface area contributed by atoms with Crippen LogP contribution in [0.25, 0.3) is 0 Å². The number of rotatable bonds is 5. The van der Waals surface area contributed by atoms with Gasteiger partial charge in [-0.05, 0) is 35.9 Å². The van der Waals surface area contributed by atoms with E-state index in [9.17, 15) is 9.59 Å². The number of hydrogen-bond donors (Lipinski definition) is 3. The first kappa shape index (κ1) is 18.4. The van der Waals surface area contributed by atoms with Crippen molar-refractivity contribution in [3.05, 3.63) is 71.4 Å². The molecule has 140 valence electrons. The van der Waals surface area contributed by atoms with Gasteiger partial charge in [-0.1, -0.05) is 32.9 Å². The summed E-state index contributed by atoms with van der Waals surface area (Å²) in [5, 5.41) is 12.6. The van der Waals surface area contributed by atoms with Gasteiger partial charge in [0.25, 0.3) is 11.8 Å². The summed E-state index contributed by atoms with van der Waals surface area (Å²) in [6.45, 7) is 6.51. The second-order valence-electron chi connectivity index (χ2n) is 7.23. The van der Waals surface area contributed by atoms with Gasteiger partial charge in [0.15, 0.2) is 5.76 Å². The largest absolute Gasteiger partial charge is 0.459 e. The van der Waals surface area contributed by atoms with Crippen molar-refractivity contribution >= 4 is 17.5 Å². The number of nitrogens with zero attached hydrogens (tertiary/aromatic N) is 1. The number of amides is 2. The molecule has 2 amide bonds. The van der Waals surface area contributed by atoms with Crippen LogP contribution >= 0.6 is 0 Å². The summed E-state index contributed by atoms with van der Waals surface area (Å²) >= 11 is 0. The van der Waals surface area contributed by atoms with E-state index < -0.39 is 0 Å². The number of H-pyrrole nitrogens is 1. The Kier molecular flexibility index (Phi) is 5.12. The topological polar surface area (TPSA) is 100 Å². The van der Waals surface area contributed by atoms with Crippen molar-refractivity contribution in [1.82, 2.24) is 15.5 Å². The minimum absolute atomic E-state index is 0.0958. The van der Waals surface area contributed by atoms with Gasteiger partial charge >= 0.3 is 0 Å². The van der Waals surface area contributed by atoms with E-state index in [4.69, 9.17) is 4.42 Å². The molecule has 3 rings (SSSR count). The van der Waals surface area contributed by atoms with Crippen LogP contribution in [0, 0.1) is 0 Å². The Balaban J connectivity index is 1.54. The highest BCUT2D eigenvalue weighted by Gasteiger charge is 2.19. The molecule has 0 saturated heterocycles. The lowest BCUT2D eigenvalue weighted by Gasteiger charge is -2.14. The van der Waals surface area contributed by atoms with Gasteiger partial charge in [-0.2, -0.15) is 5.10 Å². The molecule has 0 spiro atoms. The van der Waals surface area contributed by atoms with Crippen molar-refractivity contribution in [2.24, 2.45) is 0 Å². The molecule has 0 aliphatic rings. The van der Waals surface area contributed by atoms with E-state index in [-0.39, 0.29) is 23.0 Å². The van der Waals surface area contributed by atoms with Gasteiger partial charge in [0.05, 0.1) is 6.26 Å². The molecule has 0 bridgehead atoms. The predicted molar refractivity (Wildman–Crippen MR) is 102 cm³/mol. The van der Waals surface area contributed by atoms with E-state index in [0.29, 0.717) is 17.9 Å². The van der Waals surface area contributed by atoms with E-state index in [1.54, 1.807) is 30.3 Å². The summed E-state index contributed by atoms with van der Waals surface area (Å²) < 4.78 is 5.05. The highest BCUT2D eigenvalue weighted by atomic mass is 16.3. The Labute approximate surface area is 157 Å². The van der Waals surface area contributed by atoms with E-state index in [1.807, 2.05) is 12.1 Å². The molecule has 7 heteroatoms. The van der Waals surface area contributed by atoms with Crippen LogP contribution in [0.4, 0.5) is 5.69 Å². The van der Waals surface area contributed by atoms with Crippen molar-refractivity contribution in [2.75, 3.05) is 5.32 Å². The molecule has 2 heterocycles. The fraction of sp³-hybridized carbons (Fsp3) is 0.250. The van der Waals surface area contributed by atoms with Crippen molar-refractivity contribution in [3.63, 3.8) is 0 Å². The molecular formula is C20H22N4O3. The van der Waals surface area contributed by atoms with Crippen LogP contribution < -0.4 is 10.6 Å². The highest BCUT2D eigenvalue weighted by molar-refractivity contribution is 6.02. The zero-order valence-electron chi connectivity index (χ0n) is 15.5. The lowest BCUT2D eigenvalue weighted by Crippen LogP contribution is -2.23. The third-order valence-corrected chi connectivity index (χ3v) is 4.03. The summed E-state index contributed by atoms with van der Waals surface area (Å²) in [6.07, 6.45) is 1.45. The van der Waals surface area contributed by atoms with Crippen molar-refractivity contribution < 1.29 is 14.0 Å². The Hall–Kier alpha value is -3.35. The van der Waals surface area contributed by atoms with E-state index in [2.05, 4.69) is 41.6 Å². The van der Waals surface area contributed by atoms with Gasteiger partial charge < -0.3 is 15.1 Å². The molecule has 0 unspecified atom stereocenters. The Morgan fingerprint density at radius 3 is 2.44 bits per heavy atom. The fourth-order valence-corrected chi connectivity index (χ4v) is 2.40. The van der Waals surface area contributed by atoms with Gasteiger partial charge in [0.1, 0.15) is 5.69 Å². The molecule has 27 heavy (non-hydrogen) atoms. The number of hydrogen-bond acceptors (Lipinski definition) is 4. The third kappa shape index (κ3) is 4.63. The average molecular weight is 366 g/mol. The van der Waals surface area contributed by atoms with Crippen LogP contribution in [0.5, 0.6) is 0 Å². The normalized spacial score (nSPS) is 11.2. The molecule has 0 radical (unpaired) electrons. The van der Waals surface area contributed by atoms with Crippen LogP contribution in [0.1, 0.15) is 53.1 Å². The van der Waals surface area contributed by atoms with Gasteiger partial charge in [0.2, 0.25) is 0 Å². The van der Waals surface area contributed by atoms with E-state index >= 15 is 0 Å². The molecular weight excluding hydrogens is 344 g/mol. The van der Waals surface area contributed by atoms with Gasteiger partial charge in [-0.25, -0.2) is 0 Å². The van der Waals surface area contributed by atoms with Gasteiger partial charge in [0, 0.05) is 23.3 Å². The van der Waals surface area contributed by atoms with Crippen molar-refractivity contribution in [1.29, 1.82) is 0 Å². The standard InChI is InChI=1S/C20H22N4O3/c1-20(2,3)17-11-15(23-24-17)18(25)21-12-13-6-8-14(9-7-13)22-19(26)16-5-4-10-27-16/h4-11H,12H2,1-3H3,(H,21,25)(H,22,26)(H,23,24). The SMILES string of the molecule is CC(C)(C)c1cc(C(=O)NCc2ccc(NC(=O)c3ccco3)cc2)n[nH]1. The smallest absolute Gasteiger partial charge is 0.291 e. The number of nitrogens with one attached hydrogen (secondary N) is 3. The average Bonchev–Trinajstić information content (AvgIpc) is 3.32. The number of carbonyl (C=O) groups excluding carboxylic acids is 2. The second kappa shape index (κ2) is 7.49. The van der Waals surface area contributed by atoms with Crippen LogP contribution in [0.2, 0.25) is 0 Å². The summed E-state index contributed by atoms with van der Waals surface area (Å²) in [5.41, 5.74) is 2.73. The maximum Gasteiger partial charge on any atom is 0.291 e. The molecule has 7 nitrogen and oxygen atoms in total. The summed E-state index contributed by atoms with van der Waals surface area (Å²) in [5.74, 6) is -0.300. The third-order valence-electron chi connectivity index (χ3n) is 4.03. The molecule has 3 N–H and O–H groups in total. The first-order valence-electron chi connectivity index (χ1n) is 8.61. The lowest BCUT2D eigenvalue weighted by molar-refractivity contribution is 0.0945. The minimum atomic E-state index is -0.311.